The van der Waals surface area contributed by atoms with E-state index in [-0.39, 0.29) is 5.75 Å². The number of hydrogen-bond acceptors (Lipinski definition) is 9. The number of aliphatic hydroxyl groups excluding tert-OH is 1. The molecule has 1 saturated heterocycles. The summed E-state index contributed by atoms with van der Waals surface area (Å²) in [5.41, 5.74) is -4.08. The van der Waals surface area contributed by atoms with E-state index in [0.717, 1.165) is 28.6 Å². The number of aliphatic hydroxyl groups is 1. The van der Waals surface area contributed by atoms with E-state index in [2.05, 4.69) is 0 Å². The summed E-state index contributed by atoms with van der Waals surface area (Å²) >= 11 is 0. The summed E-state index contributed by atoms with van der Waals surface area (Å²) < 4.78 is 45.6. The number of hydroxylamine groups is 1. The predicted molar refractivity (Wildman–Crippen MR) is 129 cm³/mol. The van der Waals surface area contributed by atoms with Crippen LogP contribution in [0.5, 0.6) is 5.75 Å². The van der Waals surface area contributed by atoms with E-state index in [0.29, 0.717) is 6.42 Å². The standard InChI is InChI=1S/C23H29FN3O9P/c1-5-14(2)34-20(30)15(3)27(37(32)36-16-9-7-6-8-10-16)33-13-17-19(29)23(4,24)21(35-17)26-12-11-18(28)25-22(26)31/h6-12,14-15,17,19,21,29H,5,13H2,1-4H3/p+1/t14?,15?,17-,19-,21-,23-/m1/s1. The zero-order valence-corrected chi connectivity index (χ0v) is 21.7. The Morgan fingerprint density at radius 2 is 1.97 bits per heavy atom. The number of nitrogens with one attached hydrogen (secondary N) is 1. The smallest absolute Gasteiger partial charge is 0.461 e. The van der Waals surface area contributed by atoms with Crippen molar-refractivity contribution in [2.45, 2.75) is 70.4 Å². The van der Waals surface area contributed by atoms with Crippen molar-refractivity contribution < 1.29 is 37.7 Å². The summed E-state index contributed by atoms with van der Waals surface area (Å²) in [6.07, 6.45) is -3.55. The van der Waals surface area contributed by atoms with Crippen LogP contribution >= 0.6 is 8.18 Å². The summed E-state index contributed by atoms with van der Waals surface area (Å²) in [6.45, 7) is 5.38. The molecule has 0 aliphatic carbocycles. The lowest BCUT2D eigenvalue weighted by Crippen LogP contribution is -2.44. The molecule has 14 heteroatoms. The Balaban J connectivity index is 1.79. The molecule has 3 rings (SSSR count). The van der Waals surface area contributed by atoms with E-state index in [4.69, 9.17) is 18.8 Å². The summed E-state index contributed by atoms with van der Waals surface area (Å²) in [7, 11) is -2.81. The maximum absolute atomic E-state index is 15.5. The highest BCUT2D eigenvalue weighted by Crippen LogP contribution is 2.41. The second kappa shape index (κ2) is 12.1. The van der Waals surface area contributed by atoms with E-state index in [1.54, 1.807) is 37.3 Å². The minimum absolute atomic E-state index is 0.241. The van der Waals surface area contributed by atoms with Gasteiger partial charge in [0.05, 0.1) is 10.9 Å². The van der Waals surface area contributed by atoms with Crippen molar-refractivity contribution in [1.29, 1.82) is 0 Å². The van der Waals surface area contributed by atoms with Crippen molar-refractivity contribution in [3.63, 3.8) is 0 Å². The zero-order valence-electron chi connectivity index (χ0n) is 20.8. The first-order chi connectivity index (χ1) is 17.4. The quantitative estimate of drug-likeness (QED) is 0.246. The van der Waals surface area contributed by atoms with Crippen LogP contribution < -0.4 is 15.8 Å². The Labute approximate surface area is 212 Å². The number of hydrogen-bond donors (Lipinski definition) is 2. The van der Waals surface area contributed by atoms with Crippen LogP contribution in [0.2, 0.25) is 0 Å². The molecule has 0 amide bonds. The van der Waals surface area contributed by atoms with Gasteiger partial charge in [-0.3, -0.25) is 24.0 Å². The van der Waals surface area contributed by atoms with Crippen LogP contribution in [0.1, 0.15) is 40.3 Å². The molecule has 2 N–H and O–H groups in total. The number of aromatic amines is 1. The number of carbonyl (C=O) groups excluding carboxylic acids is 1. The maximum atomic E-state index is 15.5. The first-order valence-electron chi connectivity index (χ1n) is 11.6. The highest BCUT2D eigenvalue weighted by atomic mass is 31.1. The van der Waals surface area contributed by atoms with Crippen LogP contribution in [-0.2, 0) is 23.7 Å². The van der Waals surface area contributed by atoms with Gasteiger partial charge >= 0.3 is 19.8 Å². The fourth-order valence-electron chi connectivity index (χ4n) is 3.49. The van der Waals surface area contributed by atoms with Crippen LogP contribution in [0.4, 0.5) is 4.39 Å². The Morgan fingerprint density at radius 3 is 2.59 bits per heavy atom. The van der Waals surface area contributed by atoms with Gasteiger partial charge in [0.25, 0.3) is 5.56 Å². The van der Waals surface area contributed by atoms with Crippen molar-refractivity contribution >= 4 is 14.1 Å². The monoisotopic (exact) mass is 542 g/mol. The van der Waals surface area contributed by atoms with Crippen LogP contribution in [-0.4, -0.2) is 62.1 Å². The average Bonchev–Trinajstić information content (AvgIpc) is 3.08. The number of esters is 1. The Kier molecular flexibility index (Phi) is 9.32. The number of nitrogens with zero attached hydrogens (tertiary/aromatic N) is 2. The Bertz CT molecular complexity index is 1210. The SMILES string of the molecule is CCC(C)OC(=O)C(C)N(OC[C@H]1O[C@@H](n2ccc(=O)[nH]c2=O)[C@](C)(F)[C@@H]1O)[P+](=O)Oc1ccccc1. The molecule has 3 unspecified atom stereocenters. The molecule has 1 aromatic heterocycles. The fraction of sp³-hybridized carbons (Fsp3) is 0.522. The molecule has 7 atom stereocenters. The highest BCUT2D eigenvalue weighted by molar-refractivity contribution is 7.36. The molecule has 2 aromatic rings. The number of ether oxygens (including phenoxy) is 2. The first-order valence-corrected chi connectivity index (χ1v) is 12.8. The van der Waals surface area contributed by atoms with Crippen LogP contribution in [0.25, 0.3) is 0 Å². The third-order valence-electron chi connectivity index (χ3n) is 5.84. The molecule has 1 aliphatic rings. The van der Waals surface area contributed by atoms with Crippen molar-refractivity contribution in [3.8, 4) is 5.75 Å². The largest absolute Gasteiger partial charge is 0.693 e. The molecule has 1 aliphatic heterocycles. The molecular formula is C23H30FN3O9P+. The number of carbonyl (C=O) groups is 1. The molecule has 0 saturated carbocycles. The Morgan fingerprint density at radius 1 is 1.30 bits per heavy atom. The number of H-pyrrole nitrogens is 1. The van der Waals surface area contributed by atoms with Gasteiger partial charge in [-0.05, 0) is 39.3 Å². The van der Waals surface area contributed by atoms with Gasteiger partial charge in [0.2, 0.25) is 0 Å². The number of halogens is 1. The summed E-state index contributed by atoms with van der Waals surface area (Å²) in [4.78, 5) is 44.5. The van der Waals surface area contributed by atoms with Gasteiger partial charge in [-0.2, -0.15) is 0 Å². The summed E-state index contributed by atoms with van der Waals surface area (Å²) in [5.74, 6) is -0.499. The van der Waals surface area contributed by atoms with Crippen LogP contribution in [0, 0.1) is 0 Å². The van der Waals surface area contributed by atoms with Crippen molar-refractivity contribution in [2.75, 3.05) is 6.61 Å². The molecule has 37 heavy (non-hydrogen) atoms. The van der Waals surface area contributed by atoms with E-state index in [1.807, 2.05) is 11.9 Å². The number of aromatic nitrogens is 2. The van der Waals surface area contributed by atoms with Gasteiger partial charge in [0.1, 0.15) is 18.8 Å². The predicted octanol–water partition coefficient (Wildman–Crippen LogP) is 2.22. The molecule has 0 radical (unpaired) electrons. The van der Waals surface area contributed by atoms with Crippen LogP contribution in [0.3, 0.4) is 0 Å². The van der Waals surface area contributed by atoms with Gasteiger partial charge in [0.15, 0.2) is 23.7 Å². The number of alkyl halides is 1. The summed E-state index contributed by atoms with van der Waals surface area (Å²) in [5, 5.41) is 10.6. The van der Waals surface area contributed by atoms with Gasteiger partial charge < -0.3 is 14.6 Å². The molecule has 0 bridgehead atoms. The molecule has 202 valence electrons. The number of benzene rings is 1. The second-order valence-electron chi connectivity index (χ2n) is 8.71. The second-order valence-corrected chi connectivity index (χ2v) is 9.77. The molecule has 1 fully saturated rings. The molecule has 2 heterocycles. The average molecular weight is 542 g/mol. The topological polar surface area (TPSA) is 149 Å². The molecule has 1 aromatic carbocycles. The number of rotatable bonds is 11. The normalized spacial score (nSPS) is 25.5. The third-order valence-corrected chi connectivity index (χ3v) is 7.00. The minimum atomic E-state index is -2.81. The summed E-state index contributed by atoms with van der Waals surface area (Å²) in [6, 6.07) is 7.96. The molecular weight excluding hydrogens is 512 g/mol. The highest BCUT2D eigenvalue weighted by Gasteiger charge is 2.56. The molecule has 12 nitrogen and oxygen atoms in total. The van der Waals surface area contributed by atoms with E-state index in [1.165, 1.54) is 6.92 Å². The third kappa shape index (κ3) is 6.68. The van der Waals surface area contributed by atoms with E-state index >= 15 is 4.39 Å². The van der Waals surface area contributed by atoms with Crippen molar-refractivity contribution in [1.82, 2.24) is 14.4 Å². The maximum Gasteiger partial charge on any atom is 0.693 e. The van der Waals surface area contributed by atoms with Gasteiger partial charge in [-0.15, -0.1) is 0 Å². The van der Waals surface area contributed by atoms with Crippen LogP contribution in [0.15, 0.2) is 52.2 Å². The lowest BCUT2D eigenvalue weighted by atomic mass is 9.98. The lowest BCUT2D eigenvalue weighted by molar-refractivity contribution is -0.183. The zero-order chi connectivity index (χ0) is 27.3. The van der Waals surface area contributed by atoms with E-state index in [9.17, 15) is 24.1 Å². The minimum Gasteiger partial charge on any atom is -0.461 e. The van der Waals surface area contributed by atoms with E-state index < -0.39 is 68.3 Å². The fourth-order valence-corrected chi connectivity index (χ4v) is 4.42. The van der Waals surface area contributed by atoms with Gasteiger partial charge in [-0.25, -0.2) is 13.7 Å². The lowest BCUT2D eigenvalue weighted by Gasteiger charge is -2.24. The number of para-hydroxylation sites is 1. The molecule has 0 spiro atoms. The van der Waals surface area contributed by atoms with Crippen molar-refractivity contribution in [2.24, 2.45) is 0 Å². The van der Waals surface area contributed by atoms with Gasteiger partial charge in [0, 0.05) is 16.8 Å². The van der Waals surface area contributed by atoms with Gasteiger partial charge in [-0.1, -0.05) is 25.1 Å². The van der Waals surface area contributed by atoms with Crippen molar-refractivity contribution in [3.05, 3.63) is 63.4 Å². The Hall–Kier alpha value is -2.96. The first kappa shape index (κ1) is 28.6.